The lowest BCUT2D eigenvalue weighted by atomic mass is 9.62. The van der Waals surface area contributed by atoms with Crippen molar-refractivity contribution in [3.8, 4) is 0 Å². The first kappa shape index (κ1) is 27.7. The van der Waals surface area contributed by atoms with E-state index in [4.69, 9.17) is 14.6 Å². The van der Waals surface area contributed by atoms with Gasteiger partial charge in [-0.15, -0.1) is 6.58 Å². The van der Waals surface area contributed by atoms with E-state index in [1.54, 1.807) is 22.8 Å². The van der Waals surface area contributed by atoms with Gasteiger partial charge in [0.15, 0.2) is 0 Å². The van der Waals surface area contributed by atoms with E-state index in [0.29, 0.717) is 26.1 Å². The molecule has 0 radical (unpaired) electrons. The summed E-state index contributed by atoms with van der Waals surface area (Å²) in [5, 5.41) is 9.09. The van der Waals surface area contributed by atoms with E-state index in [1.807, 2.05) is 13.8 Å². The van der Waals surface area contributed by atoms with Crippen LogP contribution in [0.2, 0.25) is 0 Å². The number of fused-ring (bicyclic) bond motifs is 1. The van der Waals surface area contributed by atoms with Gasteiger partial charge in [-0.2, -0.15) is 0 Å². The second kappa shape index (κ2) is 11.4. The number of aliphatic hydroxyl groups excluding tert-OH is 1. The minimum Gasteiger partial charge on any atom is -0.466 e. The molecule has 2 bridgehead atoms. The molecule has 8 heteroatoms. The Kier molecular flexibility index (Phi) is 9.02. The van der Waals surface area contributed by atoms with Crippen molar-refractivity contribution in [1.29, 1.82) is 0 Å². The quantitative estimate of drug-likeness (QED) is 0.228. The van der Waals surface area contributed by atoms with Crippen LogP contribution in [0.5, 0.6) is 0 Å². The third kappa shape index (κ3) is 4.76. The maximum atomic E-state index is 14.1. The lowest BCUT2D eigenvalue weighted by Crippen LogP contribution is -2.56. The maximum Gasteiger partial charge on any atom is 0.312 e. The molecule has 3 rings (SSSR count). The van der Waals surface area contributed by atoms with Crippen LogP contribution in [0.25, 0.3) is 0 Å². The third-order valence-electron chi connectivity index (χ3n) is 8.34. The monoisotopic (exact) mass is 492 g/mol. The van der Waals surface area contributed by atoms with E-state index in [1.165, 1.54) is 0 Å². The van der Waals surface area contributed by atoms with Gasteiger partial charge in [0.2, 0.25) is 11.8 Å². The SMILES string of the molecule is C=CCN(CCCC)C(=O)C1N(CCCCCCO)C(=O)[C@@H]2[C@@H](C(=O)OCC)[C@]3(C)OC12CC3C. The van der Waals surface area contributed by atoms with Gasteiger partial charge in [0.1, 0.15) is 17.6 Å². The summed E-state index contributed by atoms with van der Waals surface area (Å²) in [6, 6.07) is -0.765. The first-order valence-corrected chi connectivity index (χ1v) is 13.4. The van der Waals surface area contributed by atoms with Gasteiger partial charge >= 0.3 is 5.97 Å². The van der Waals surface area contributed by atoms with Crippen LogP contribution in [-0.4, -0.2) is 82.8 Å². The Balaban J connectivity index is 2.00. The molecule has 35 heavy (non-hydrogen) atoms. The lowest BCUT2D eigenvalue weighted by molar-refractivity contribution is -0.161. The largest absolute Gasteiger partial charge is 0.466 e. The maximum absolute atomic E-state index is 14.1. The first-order chi connectivity index (χ1) is 16.7. The normalized spacial score (nSPS) is 33.2. The molecule has 3 aliphatic rings. The molecule has 0 aromatic carbocycles. The zero-order valence-electron chi connectivity index (χ0n) is 22.0. The van der Waals surface area contributed by atoms with E-state index in [9.17, 15) is 14.4 Å². The van der Waals surface area contributed by atoms with Gasteiger partial charge in [0.25, 0.3) is 0 Å². The Morgan fingerprint density at radius 1 is 1.26 bits per heavy atom. The Hall–Kier alpha value is -1.93. The van der Waals surface area contributed by atoms with Crippen molar-refractivity contribution in [3.63, 3.8) is 0 Å². The minimum absolute atomic E-state index is 0.00394. The summed E-state index contributed by atoms with van der Waals surface area (Å²) in [5.74, 6) is -2.14. The number of rotatable bonds is 14. The van der Waals surface area contributed by atoms with Gasteiger partial charge in [-0.1, -0.05) is 39.2 Å². The molecule has 3 fully saturated rings. The van der Waals surface area contributed by atoms with Crippen LogP contribution in [0.1, 0.15) is 72.6 Å². The molecule has 8 nitrogen and oxygen atoms in total. The van der Waals surface area contributed by atoms with Crippen molar-refractivity contribution in [2.75, 3.05) is 32.8 Å². The van der Waals surface area contributed by atoms with Gasteiger partial charge in [0.05, 0.1) is 18.1 Å². The van der Waals surface area contributed by atoms with Gasteiger partial charge in [-0.25, -0.2) is 0 Å². The zero-order chi connectivity index (χ0) is 25.8. The number of amides is 2. The van der Waals surface area contributed by atoms with Crippen LogP contribution < -0.4 is 0 Å². The third-order valence-corrected chi connectivity index (χ3v) is 8.34. The summed E-state index contributed by atoms with van der Waals surface area (Å²) < 4.78 is 12.1. The number of esters is 1. The first-order valence-electron chi connectivity index (χ1n) is 13.4. The number of likely N-dealkylation sites (tertiary alicyclic amines) is 1. The molecule has 3 saturated heterocycles. The van der Waals surface area contributed by atoms with Crippen LogP contribution in [0.15, 0.2) is 12.7 Å². The number of nitrogens with zero attached hydrogens (tertiary/aromatic N) is 2. The standard InChI is InChI=1S/C27H44N2O6/c1-6-9-15-28(14-7-2)24(32)22-27-18-19(4)26(5,35-27)21(25(33)34-8-3)20(27)23(31)29(22)16-12-10-11-13-17-30/h7,19-22,30H,2,6,8-18H2,1,3-5H3/t19?,20-,21-,22?,26+,27?/m0/s1. The summed E-state index contributed by atoms with van der Waals surface area (Å²) >= 11 is 0. The van der Waals surface area contributed by atoms with Crippen LogP contribution in [0, 0.1) is 17.8 Å². The molecule has 3 aliphatic heterocycles. The van der Waals surface area contributed by atoms with Crippen molar-refractivity contribution in [2.45, 2.75) is 89.9 Å². The van der Waals surface area contributed by atoms with Gasteiger partial charge in [0, 0.05) is 26.2 Å². The number of carbonyl (C=O) groups is 3. The van der Waals surface area contributed by atoms with Gasteiger partial charge < -0.3 is 24.4 Å². The van der Waals surface area contributed by atoms with Crippen molar-refractivity contribution < 1.29 is 29.0 Å². The van der Waals surface area contributed by atoms with Crippen LogP contribution in [0.4, 0.5) is 0 Å². The predicted octanol–water partition coefficient (Wildman–Crippen LogP) is 2.93. The molecule has 6 atom stereocenters. The van der Waals surface area contributed by atoms with Crippen molar-refractivity contribution >= 4 is 17.8 Å². The average molecular weight is 493 g/mol. The van der Waals surface area contributed by atoms with Gasteiger partial charge in [-0.05, 0) is 45.4 Å². The fourth-order valence-electron chi connectivity index (χ4n) is 6.57. The number of hydrogen-bond acceptors (Lipinski definition) is 6. The molecule has 0 aliphatic carbocycles. The van der Waals surface area contributed by atoms with Crippen LogP contribution >= 0.6 is 0 Å². The molecule has 3 heterocycles. The Labute approximate surface area is 210 Å². The van der Waals surface area contributed by atoms with Crippen molar-refractivity contribution in [3.05, 3.63) is 12.7 Å². The molecule has 0 aromatic heterocycles. The van der Waals surface area contributed by atoms with E-state index in [0.717, 1.165) is 38.5 Å². The Morgan fingerprint density at radius 3 is 2.60 bits per heavy atom. The highest BCUT2D eigenvalue weighted by molar-refractivity contribution is 5.98. The Morgan fingerprint density at radius 2 is 1.97 bits per heavy atom. The summed E-state index contributed by atoms with van der Waals surface area (Å²) in [6.07, 6.45) is 7.25. The topological polar surface area (TPSA) is 96.4 Å². The molecule has 3 unspecified atom stereocenters. The van der Waals surface area contributed by atoms with E-state index in [2.05, 4.69) is 13.5 Å². The second-order valence-corrected chi connectivity index (χ2v) is 10.6. The minimum atomic E-state index is -1.03. The van der Waals surface area contributed by atoms with Crippen LogP contribution in [0.3, 0.4) is 0 Å². The fraction of sp³-hybridized carbons (Fsp3) is 0.815. The molecule has 1 spiro atoms. The highest BCUT2D eigenvalue weighted by atomic mass is 16.6. The molecular formula is C27H44N2O6. The summed E-state index contributed by atoms with van der Waals surface area (Å²) in [4.78, 5) is 44.7. The smallest absolute Gasteiger partial charge is 0.312 e. The second-order valence-electron chi connectivity index (χ2n) is 10.6. The predicted molar refractivity (Wildman–Crippen MR) is 132 cm³/mol. The number of aliphatic hydroxyl groups is 1. The number of unbranched alkanes of at least 4 members (excludes halogenated alkanes) is 4. The van der Waals surface area contributed by atoms with E-state index >= 15 is 0 Å². The molecule has 0 aromatic rings. The number of carbonyl (C=O) groups excluding carboxylic acids is 3. The molecule has 1 N–H and O–H groups in total. The number of hydrogen-bond donors (Lipinski definition) is 1. The van der Waals surface area contributed by atoms with Crippen LogP contribution in [-0.2, 0) is 23.9 Å². The summed E-state index contributed by atoms with van der Waals surface area (Å²) in [6.45, 7) is 13.4. The highest BCUT2D eigenvalue weighted by Crippen LogP contribution is 2.65. The molecule has 198 valence electrons. The zero-order valence-corrected chi connectivity index (χ0v) is 22.0. The average Bonchev–Trinajstić information content (AvgIpc) is 3.33. The van der Waals surface area contributed by atoms with Crippen molar-refractivity contribution in [1.82, 2.24) is 9.80 Å². The van der Waals surface area contributed by atoms with Gasteiger partial charge in [-0.3, -0.25) is 14.4 Å². The summed E-state index contributed by atoms with van der Waals surface area (Å²) in [7, 11) is 0. The lowest BCUT2D eigenvalue weighted by Gasteiger charge is -2.37. The number of ether oxygens (including phenoxy) is 2. The molecular weight excluding hydrogens is 448 g/mol. The molecule has 0 saturated carbocycles. The van der Waals surface area contributed by atoms with E-state index in [-0.39, 0.29) is 30.9 Å². The van der Waals surface area contributed by atoms with E-state index < -0.39 is 35.0 Å². The van der Waals surface area contributed by atoms with Crippen molar-refractivity contribution in [2.24, 2.45) is 17.8 Å². The highest BCUT2D eigenvalue weighted by Gasteiger charge is 2.80. The summed E-state index contributed by atoms with van der Waals surface area (Å²) in [5.41, 5.74) is -1.87. The molecule has 2 amide bonds. The fourth-order valence-corrected chi connectivity index (χ4v) is 6.57. The Bertz CT molecular complexity index is 803.